The Kier molecular flexibility index (Phi) is 6.16. The van der Waals surface area contributed by atoms with Gasteiger partial charge in [-0.2, -0.15) is 0 Å². The van der Waals surface area contributed by atoms with Crippen molar-refractivity contribution in [2.24, 2.45) is 5.92 Å². The minimum Gasteiger partial charge on any atom is -0.478 e. The van der Waals surface area contributed by atoms with Crippen LogP contribution < -0.4 is 0 Å². The number of H-pyrrole nitrogens is 1. The summed E-state index contributed by atoms with van der Waals surface area (Å²) in [6.07, 6.45) is 6.11. The number of hydrogen-bond acceptors (Lipinski definition) is 3. The molecule has 0 saturated carbocycles. The first-order valence-electron chi connectivity index (χ1n) is 13.1. The molecule has 188 valence electrons. The first-order valence-corrected chi connectivity index (χ1v) is 13.1. The second-order valence-electron chi connectivity index (χ2n) is 11.3. The number of amides is 2. The van der Waals surface area contributed by atoms with Crippen LogP contribution in [-0.4, -0.2) is 75.1 Å². The number of carboxylic acids is 1. The van der Waals surface area contributed by atoms with Crippen molar-refractivity contribution in [3.8, 4) is 0 Å². The molecule has 1 unspecified atom stereocenters. The molecule has 35 heavy (non-hydrogen) atoms. The van der Waals surface area contributed by atoms with E-state index in [1.807, 2.05) is 29.2 Å². The van der Waals surface area contributed by atoms with E-state index >= 15 is 0 Å². The number of carbonyl (C=O) groups is 2. The maximum atomic E-state index is 14.0. The zero-order valence-electron chi connectivity index (χ0n) is 21.4. The summed E-state index contributed by atoms with van der Waals surface area (Å²) < 4.78 is 0. The Hall–Kier alpha value is -2.80. The third-order valence-electron chi connectivity index (χ3n) is 8.40. The van der Waals surface area contributed by atoms with Crippen molar-refractivity contribution < 1.29 is 14.7 Å². The number of hydrogen-bond donors (Lipinski definition) is 2. The Morgan fingerprint density at radius 2 is 1.71 bits per heavy atom. The minimum absolute atomic E-state index is 0.0788. The second kappa shape index (κ2) is 9.01. The lowest BCUT2D eigenvalue weighted by Gasteiger charge is -2.45. The zero-order valence-corrected chi connectivity index (χ0v) is 21.4. The maximum Gasteiger partial charge on any atom is 0.339 e. The van der Waals surface area contributed by atoms with E-state index in [0.29, 0.717) is 24.8 Å². The number of fused-ring (bicyclic) bond motifs is 3. The van der Waals surface area contributed by atoms with Crippen molar-refractivity contribution in [3.63, 3.8) is 0 Å². The van der Waals surface area contributed by atoms with Gasteiger partial charge in [-0.15, -0.1) is 0 Å². The van der Waals surface area contributed by atoms with E-state index in [0.717, 1.165) is 29.3 Å². The van der Waals surface area contributed by atoms with E-state index < -0.39 is 11.4 Å². The fourth-order valence-corrected chi connectivity index (χ4v) is 6.98. The van der Waals surface area contributed by atoms with Gasteiger partial charge in [0.05, 0.1) is 11.3 Å². The van der Waals surface area contributed by atoms with Gasteiger partial charge in [-0.05, 0) is 56.3 Å². The van der Waals surface area contributed by atoms with E-state index in [-0.39, 0.29) is 23.6 Å². The number of aromatic nitrogens is 1. The Labute approximate surface area is 207 Å². The van der Waals surface area contributed by atoms with Gasteiger partial charge in [0.25, 0.3) is 0 Å². The molecule has 5 rings (SSSR count). The summed E-state index contributed by atoms with van der Waals surface area (Å²) in [6, 6.07) is 8.25. The monoisotopic (exact) mass is 478 g/mol. The largest absolute Gasteiger partial charge is 0.478 e. The Morgan fingerprint density at radius 1 is 1.06 bits per heavy atom. The fraction of sp³-hybridized carbons (Fsp3) is 0.571. The number of para-hydroxylation sites is 1. The van der Waals surface area contributed by atoms with Gasteiger partial charge >= 0.3 is 12.0 Å². The fourth-order valence-electron chi connectivity index (χ4n) is 6.98. The summed E-state index contributed by atoms with van der Waals surface area (Å²) in [7, 11) is 0. The lowest BCUT2D eigenvalue weighted by Crippen LogP contribution is -2.56. The van der Waals surface area contributed by atoms with Crippen molar-refractivity contribution in [3.05, 3.63) is 41.7 Å². The van der Waals surface area contributed by atoms with Crippen LogP contribution in [0.15, 0.2) is 30.5 Å². The molecule has 0 aliphatic carbocycles. The summed E-state index contributed by atoms with van der Waals surface area (Å²) in [5.41, 5.74) is 2.18. The standard InChI is InChI=1S/C28H38N4O3/c1-18(2)25-28(3,4)23-20-9-5-6-10-22(20)29-24(23)21(26(33)34)17-32(25)27(35)31-15-11-19(12-16-31)30-13-7-8-14-30/h5-6,9-10,17-19,25,29H,7-8,11-16H2,1-4H3,(H,33,34). The molecule has 0 spiro atoms. The normalized spacial score (nSPS) is 23.5. The van der Waals surface area contributed by atoms with Crippen LogP contribution in [-0.2, 0) is 10.2 Å². The third kappa shape index (κ3) is 4.03. The van der Waals surface area contributed by atoms with Gasteiger partial charge in [0, 0.05) is 47.7 Å². The second-order valence-corrected chi connectivity index (χ2v) is 11.3. The summed E-state index contributed by atoms with van der Waals surface area (Å²) >= 11 is 0. The molecule has 3 aliphatic rings. The van der Waals surface area contributed by atoms with Crippen LogP contribution >= 0.6 is 0 Å². The zero-order chi connectivity index (χ0) is 24.9. The van der Waals surface area contributed by atoms with E-state index in [4.69, 9.17) is 0 Å². The molecule has 2 fully saturated rings. The smallest absolute Gasteiger partial charge is 0.339 e. The highest BCUT2D eigenvalue weighted by molar-refractivity contribution is 6.17. The number of rotatable bonds is 3. The molecule has 2 amide bonds. The van der Waals surface area contributed by atoms with Crippen molar-refractivity contribution in [1.29, 1.82) is 0 Å². The van der Waals surface area contributed by atoms with Gasteiger partial charge in [0.2, 0.25) is 0 Å². The summed E-state index contributed by atoms with van der Waals surface area (Å²) in [6.45, 7) is 12.3. The molecular weight excluding hydrogens is 440 g/mol. The van der Waals surface area contributed by atoms with Crippen LogP contribution in [0.2, 0.25) is 0 Å². The number of nitrogens with one attached hydrogen (secondary N) is 1. The first-order chi connectivity index (χ1) is 16.7. The average molecular weight is 479 g/mol. The highest BCUT2D eigenvalue weighted by atomic mass is 16.4. The number of aromatic amines is 1. The van der Waals surface area contributed by atoms with Crippen LogP contribution in [0, 0.1) is 5.92 Å². The van der Waals surface area contributed by atoms with E-state index in [1.165, 1.54) is 25.9 Å². The number of urea groups is 1. The van der Waals surface area contributed by atoms with Crippen LogP contribution in [0.1, 0.15) is 64.6 Å². The van der Waals surface area contributed by atoms with E-state index in [1.54, 1.807) is 11.1 Å². The molecular formula is C28H38N4O3. The predicted molar refractivity (Wildman–Crippen MR) is 138 cm³/mol. The van der Waals surface area contributed by atoms with E-state index in [2.05, 4.69) is 37.6 Å². The van der Waals surface area contributed by atoms with Crippen molar-refractivity contribution >= 4 is 28.5 Å². The molecule has 1 atom stereocenters. The maximum absolute atomic E-state index is 14.0. The third-order valence-corrected chi connectivity index (χ3v) is 8.40. The van der Waals surface area contributed by atoms with Crippen LogP contribution in [0.25, 0.3) is 16.5 Å². The number of piperidine rings is 1. The number of carbonyl (C=O) groups excluding carboxylic acids is 1. The molecule has 7 nitrogen and oxygen atoms in total. The molecule has 0 bridgehead atoms. The molecule has 4 heterocycles. The molecule has 2 aromatic rings. The van der Waals surface area contributed by atoms with Crippen molar-refractivity contribution in [2.45, 2.75) is 70.9 Å². The summed E-state index contributed by atoms with van der Waals surface area (Å²) in [5.74, 6) is -0.898. The molecule has 1 aromatic carbocycles. The minimum atomic E-state index is -1.02. The molecule has 2 N–H and O–H groups in total. The molecule has 0 radical (unpaired) electrons. The SMILES string of the molecule is CC(C)C1N(C(=O)N2CCC(N3CCCC3)CC2)C=C(C(=O)O)c2[nH]c3ccccc3c2C1(C)C. The van der Waals surface area contributed by atoms with Crippen LogP contribution in [0.4, 0.5) is 4.79 Å². The predicted octanol–water partition coefficient (Wildman–Crippen LogP) is 4.89. The summed E-state index contributed by atoms with van der Waals surface area (Å²) in [5, 5.41) is 11.3. The lowest BCUT2D eigenvalue weighted by molar-refractivity contribution is -0.130. The number of likely N-dealkylation sites (tertiary alicyclic amines) is 2. The Balaban J connectivity index is 1.53. The van der Waals surface area contributed by atoms with Crippen molar-refractivity contribution in [2.75, 3.05) is 26.2 Å². The van der Waals surface area contributed by atoms with E-state index in [9.17, 15) is 14.7 Å². The summed E-state index contributed by atoms with van der Waals surface area (Å²) in [4.78, 5) is 36.2. The van der Waals surface area contributed by atoms with Crippen LogP contribution in [0.3, 0.4) is 0 Å². The van der Waals surface area contributed by atoms with Gasteiger partial charge in [-0.1, -0.05) is 45.9 Å². The van der Waals surface area contributed by atoms with Gasteiger partial charge < -0.3 is 19.9 Å². The topological polar surface area (TPSA) is 79.9 Å². The highest BCUT2D eigenvalue weighted by Gasteiger charge is 2.46. The number of aliphatic carboxylic acids is 1. The number of benzene rings is 1. The molecule has 7 heteroatoms. The Morgan fingerprint density at radius 3 is 2.34 bits per heavy atom. The van der Waals surface area contributed by atoms with Crippen molar-refractivity contribution in [1.82, 2.24) is 19.7 Å². The average Bonchev–Trinajstić information content (AvgIpc) is 3.47. The van der Waals surface area contributed by atoms with Gasteiger partial charge in [-0.25, -0.2) is 9.59 Å². The van der Waals surface area contributed by atoms with Gasteiger partial charge in [0.15, 0.2) is 0 Å². The van der Waals surface area contributed by atoms with Crippen LogP contribution in [0.5, 0.6) is 0 Å². The number of nitrogens with zero attached hydrogens (tertiary/aromatic N) is 3. The molecule has 2 saturated heterocycles. The van der Waals surface area contributed by atoms with Gasteiger partial charge in [-0.3, -0.25) is 4.90 Å². The molecule has 1 aromatic heterocycles. The molecule has 3 aliphatic heterocycles. The number of carboxylic acid groups (broad SMARTS) is 1. The Bertz CT molecular complexity index is 1150. The lowest BCUT2D eigenvalue weighted by atomic mass is 9.72. The quantitative estimate of drug-likeness (QED) is 0.658. The highest BCUT2D eigenvalue weighted by Crippen LogP contribution is 2.45. The van der Waals surface area contributed by atoms with Gasteiger partial charge in [0.1, 0.15) is 0 Å². The first kappa shape index (κ1) is 23.9.